The number of imide groups is 2. The molecule has 0 bridgehead atoms. The van der Waals surface area contributed by atoms with Crippen molar-refractivity contribution in [3.63, 3.8) is 0 Å². The van der Waals surface area contributed by atoms with Gasteiger partial charge in [0, 0.05) is 25.0 Å². The summed E-state index contributed by atoms with van der Waals surface area (Å²) in [5.74, 6) is -2.30. The van der Waals surface area contributed by atoms with Gasteiger partial charge in [-0.2, -0.15) is 8.42 Å². The summed E-state index contributed by atoms with van der Waals surface area (Å²) in [4.78, 5) is 42.5. The summed E-state index contributed by atoms with van der Waals surface area (Å²) in [5, 5.41) is 2.36. The molecule has 0 aromatic heterocycles. The smallest absolute Gasteiger partial charge is 0.289 e. The van der Waals surface area contributed by atoms with Crippen LogP contribution in [-0.4, -0.2) is 37.1 Å². The third kappa shape index (κ3) is 5.62. The Bertz CT molecular complexity index is 799. The van der Waals surface area contributed by atoms with Gasteiger partial charge in [0.25, 0.3) is 33.7 Å². The van der Waals surface area contributed by atoms with E-state index in [9.17, 15) is 27.6 Å². The van der Waals surface area contributed by atoms with Crippen molar-refractivity contribution in [2.24, 2.45) is 0 Å². The van der Waals surface area contributed by atoms with Crippen LogP contribution in [0.15, 0.2) is 42.5 Å². The third-order valence-electron chi connectivity index (χ3n) is 3.01. The number of amides is 4. The Labute approximate surface area is 143 Å². The van der Waals surface area contributed by atoms with Crippen LogP contribution in [0, 0.1) is 0 Å². The highest BCUT2D eigenvalue weighted by Crippen LogP contribution is 2.16. The minimum atomic E-state index is -4.00. The Morgan fingerprint density at radius 3 is 1.88 bits per heavy atom. The van der Waals surface area contributed by atoms with Crippen LogP contribution in [0.1, 0.15) is 18.4 Å². The standard InChI is InChI=1S/C11H11NO5S.C4H3NO2/c13-10-6-7-11(14)12(10)17-18(15,16)8-9-4-2-1-3-5-9;6-3-1-2-4(7)5-3/h1-5H,6-8H2;1-2H,(H,5,6,7). The molecular formula is C15H14N2O7S. The largest absolute Gasteiger partial charge is 0.292 e. The molecule has 0 atom stereocenters. The predicted molar refractivity (Wildman–Crippen MR) is 83.5 cm³/mol. The van der Waals surface area contributed by atoms with Crippen molar-refractivity contribution in [1.29, 1.82) is 0 Å². The molecule has 3 rings (SSSR count). The first-order valence-corrected chi connectivity index (χ1v) is 8.69. The average Bonchev–Trinajstić information content (AvgIpc) is 3.07. The van der Waals surface area contributed by atoms with Crippen LogP contribution in [0.2, 0.25) is 0 Å². The fourth-order valence-corrected chi connectivity index (χ4v) is 2.96. The normalized spacial score (nSPS) is 16.7. The van der Waals surface area contributed by atoms with Crippen LogP contribution >= 0.6 is 0 Å². The number of nitrogens with one attached hydrogen (secondary N) is 1. The number of rotatable bonds is 4. The van der Waals surface area contributed by atoms with E-state index in [1.54, 1.807) is 30.3 Å². The molecule has 25 heavy (non-hydrogen) atoms. The summed E-state index contributed by atoms with van der Waals surface area (Å²) in [5.41, 5.74) is 0.525. The number of benzene rings is 1. The second-order valence-corrected chi connectivity index (χ2v) is 6.58. The van der Waals surface area contributed by atoms with Crippen LogP contribution in [0.25, 0.3) is 0 Å². The van der Waals surface area contributed by atoms with E-state index < -0.39 is 21.9 Å². The van der Waals surface area contributed by atoms with E-state index in [0.29, 0.717) is 10.6 Å². The predicted octanol–water partition coefficient (Wildman–Crippen LogP) is -0.204. The van der Waals surface area contributed by atoms with Crippen molar-refractivity contribution in [3.05, 3.63) is 48.0 Å². The number of carbonyl (C=O) groups is 4. The molecular weight excluding hydrogens is 352 g/mol. The molecule has 1 fully saturated rings. The van der Waals surface area contributed by atoms with E-state index in [1.165, 1.54) is 12.2 Å². The van der Waals surface area contributed by atoms with Crippen LogP contribution in [0.3, 0.4) is 0 Å². The highest BCUT2D eigenvalue weighted by Gasteiger charge is 2.34. The molecule has 1 saturated heterocycles. The fraction of sp³-hybridized carbons (Fsp3) is 0.200. The number of hydroxylamine groups is 2. The molecule has 2 heterocycles. The Balaban J connectivity index is 0.000000269. The topological polar surface area (TPSA) is 127 Å². The van der Waals surface area contributed by atoms with Gasteiger partial charge in [-0.15, -0.1) is 9.35 Å². The van der Waals surface area contributed by atoms with Crippen molar-refractivity contribution in [2.45, 2.75) is 18.6 Å². The van der Waals surface area contributed by atoms with Crippen molar-refractivity contribution >= 4 is 33.7 Å². The molecule has 1 aromatic rings. The van der Waals surface area contributed by atoms with Crippen molar-refractivity contribution in [3.8, 4) is 0 Å². The molecule has 9 nitrogen and oxygen atoms in total. The zero-order chi connectivity index (χ0) is 18.4. The highest BCUT2D eigenvalue weighted by atomic mass is 32.2. The summed E-state index contributed by atoms with van der Waals surface area (Å²) < 4.78 is 27.9. The zero-order valence-corrected chi connectivity index (χ0v) is 13.7. The maximum absolute atomic E-state index is 11.7. The number of hydrogen-bond donors (Lipinski definition) is 1. The van der Waals surface area contributed by atoms with Gasteiger partial charge < -0.3 is 0 Å². The maximum atomic E-state index is 11.7. The summed E-state index contributed by atoms with van der Waals surface area (Å²) >= 11 is 0. The van der Waals surface area contributed by atoms with Crippen molar-refractivity contribution in [1.82, 2.24) is 10.4 Å². The van der Waals surface area contributed by atoms with E-state index in [2.05, 4.69) is 4.28 Å². The molecule has 0 radical (unpaired) electrons. The van der Waals surface area contributed by atoms with Gasteiger partial charge in [-0.3, -0.25) is 24.5 Å². The molecule has 2 aliphatic heterocycles. The minimum Gasteiger partial charge on any atom is -0.289 e. The van der Waals surface area contributed by atoms with Crippen LogP contribution in [-0.2, 0) is 39.3 Å². The van der Waals surface area contributed by atoms with Crippen molar-refractivity contribution in [2.75, 3.05) is 0 Å². The number of hydrogen-bond acceptors (Lipinski definition) is 7. The highest BCUT2D eigenvalue weighted by molar-refractivity contribution is 7.85. The first-order valence-electron chi connectivity index (χ1n) is 7.12. The lowest BCUT2D eigenvalue weighted by Crippen LogP contribution is -2.32. The lowest BCUT2D eigenvalue weighted by molar-refractivity contribution is -0.163. The number of nitrogens with zero attached hydrogens (tertiary/aromatic N) is 1. The summed E-state index contributed by atoms with van der Waals surface area (Å²) in [7, 11) is -4.00. The Hall–Kier alpha value is -2.85. The first kappa shape index (κ1) is 18.5. The van der Waals surface area contributed by atoms with E-state index in [-0.39, 0.29) is 30.4 Å². The summed E-state index contributed by atoms with van der Waals surface area (Å²) in [6.45, 7) is 0. The quantitative estimate of drug-likeness (QED) is 0.731. The van der Waals surface area contributed by atoms with E-state index in [0.717, 1.165) is 0 Å². The molecule has 0 unspecified atom stereocenters. The molecule has 10 heteroatoms. The van der Waals surface area contributed by atoms with Crippen molar-refractivity contribution < 1.29 is 31.9 Å². The molecule has 4 amide bonds. The third-order valence-corrected chi connectivity index (χ3v) is 4.08. The Kier molecular flexibility index (Phi) is 5.78. The second-order valence-electron chi connectivity index (χ2n) is 5.03. The lowest BCUT2D eigenvalue weighted by atomic mass is 10.2. The maximum Gasteiger partial charge on any atom is 0.292 e. The first-order chi connectivity index (χ1) is 11.8. The minimum absolute atomic E-state index is 0.0142. The van der Waals surface area contributed by atoms with Gasteiger partial charge >= 0.3 is 0 Å². The Morgan fingerprint density at radius 1 is 0.920 bits per heavy atom. The zero-order valence-electron chi connectivity index (χ0n) is 12.9. The molecule has 132 valence electrons. The SMILES string of the molecule is O=C1C=CC(=O)N1.O=C1CCC(=O)N1OS(=O)(=O)Cc1ccccc1. The molecule has 2 aliphatic rings. The van der Waals surface area contributed by atoms with Crippen LogP contribution in [0.4, 0.5) is 0 Å². The van der Waals surface area contributed by atoms with Gasteiger partial charge in [0.15, 0.2) is 0 Å². The summed E-state index contributed by atoms with van der Waals surface area (Å²) in [6, 6.07) is 8.38. The molecule has 0 aliphatic carbocycles. The van der Waals surface area contributed by atoms with Gasteiger partial charge in [0.2, 0.25) is 0 Å². The van der Waals surface area contributed by atoms with Crippen LogP contribution < -0.4 is 5.32 Å². The van der Waals surface area contributed by atoms with Gasteiger partial charge in [0.05, 0.1) is 0 Å². The molecule has 1 N–H and O–H groups in total. The summed E-state index contributed by atoms with van der Waals surface area (Å²) in [6.07, 6.45) is 2.37. The second kappa shape index (κ2) is 7.81. The Morgan fingerprint density at radius 2 is 1.44 bits per heavy atom. The molecule has 0 spiro atoms. The molecule has 0 saturated carbocycles. The monoisotopic (exact) mass is 366 g/mol. The van der Waals surface area contributed by atoms with Gasteiger partial charge in [-0.25, -0.2) is 0 Å². The van der Waals surface area contributed by atoms with Gasteiger partial charge in [0.1, 0.15) is 5.75 Å². The molecule has 1 aromatic carbocycles. The van der Waals surface area contributed by atoms with E-state index in [1.807, 2.05) is 5.32 Å². The van der Waals surface area contributed by atoms with E-state index >= 15 is 0 Å². The van der Waals surface area contributed by atoms with E-state index in [4.69, 9.17) is 0 Å². The van der Waals surface area contributed by atoms with Gasteiger partial charge in [-0.1, -0.05) is 30.3 Å². The average molecular weight is 366 g/mol. The lowest BCUT2D eigenvalue weighted by Gasteiger charge is -2.12. The number of carbonyl (C=O) groups excluding carboxylic acids is 4. The van der Waals surface area contributed by atoms with Crippen LogP contribution in [0.5, 0.6) is 0 Å². The fourth-order valence-electron chi connectivity index (χ4n) is 1.91. The van der Waals surface area contributed by atoms with Gasteiger partial charge in [-0.05, 0) is 5.56 Å².